The van der Waals surface area contributed by atoms with Gasteiger partial charge < -0.3 is 4.74 Å². The third-order valence-corrected chi connectivity index (χ3v) is 9.12. The number of nitrogens with zero attached hydrogens (tertiary/aromatic N) is 2. The zero-order valence-corrected chi connectivity index (χ0v) is 16.5. The van der Waals surface area contributed by atoms with Crippen molar-refractivity contribution in [3.8, 4) is 5.75 Å². The molecule has 5 nitrogen and oxygen atoms in total. The fourth-order valence-corrected chi connectivity index (χ4v) is 7.81. The van der Waals surface area contributed by atoms with Crippen LogP contribution in [0.5, 0.6) is 5.75 Å². The van der Waals surface area contributed by atoms with Crippen LogP contribution in [0.3, 0.4) is 0 Å². The summed E-state index contributed by atoms with van der Waals surface area (Å²) in [5.41, 5.74) is 0. The molecule has 0 spiro atoms. The molecular weight excluding hydrogens is 386 g/mol. The highest BCUT2D eigenvalue weighted by Gasteiger charge is 2.50. The Morgan fingerprint density at radius 2 is 1.46 bits per heavy atom. The van der Waals surface area contributed by atoms with Gasteiger partial charge >= 0.3 is 6.61 Å². The zero-order valence-electron chi connectivity index (χ0n) is 15.7. The predicted molar refractivity (Wildman–Crippen MR) is 99.7 cm³/mol. The molecule has 8 heteroatoms. The summed E-state index contributed by atoms with van der Waals surface area (Å²) in [6.45, 7) is -0.559. The van der Waals surface area contributed by atoms with Crippen molar-refractivity contribution in [1.29, 1.82) is 0 Å². The van der Waals surface area contributed by atoms with Crippen molar-refractivity contribution in [2.75, 3.05) is 13.1 Å². The maximum absolute atomic E-state index is 13.2. The molecule has 5 fully saturated rings. The van der Waals surface area contributed by atoms with E-state index >= 15 is 0 Å². The molecule has 28 heavy (non-hydrogen) atoms. The first-order valence-electron chi connectivity index (χ1n) is 10.2. The number of halogens is 2. The van der Waals surface area contributed by atoms with Crippen LogP contribution in [0.2, 0.25) is 0 Å². The Morgan fingerprint density at radius 3 is 2.00 bits per heavy atom. The highest BCUT2D eigenvalue weighted by Crippen LogP contribution is 2.45. The summed E-state index contributed by atoms with van der Waals surface area (Å²) < 4.78 is 57.2. The second-order valence-corrected chi connectivity index (χ2v) is 10.7. The largest absolute Gasteiger partial charge is 0.435 e. The molecule has 154 valence electrons. The average Bonchev–Trinajstić information content (AvgIpc) is 2.92. The quantitative estimate of drug-likeness (QED) is 0.745. The van der Waals surface area contributed by atoms with E-state index in [0.717, 1.165) is 37.5 Å². The molecule has 1 aromatic rings. The number of hydrogen-bond acceptors (Lipinski definition) is 4. The molecule has 1 saturated carbocycles. The minimum atomic E-state index is -3.63. The van der Waals surface area contributed by atoms with E-state index in [1.807, 2.05) is 0 Å². The van der Waals surface area contributed by atoms with Gasteiger partial charge in [-0.05, 0) is 74.6 Å². The number of benzene rings is 1. The van der Waals surface area contributed by atoms with Crippen molar-refractivity contribution in [2.45, 2.75) is 68.2 Å². The topological polar surface area (TPSA) is 49.9 Å². The summed E-state index contributed by atoms with van der Waals surface area (Å²) in [6, 6.07) is 5.93. The normalized spacial score (nSPS) is 35.8. The Balaban J connectivity index is 1.31. The number of ether oxygens (including phenoxy) is 1. The lowest BCUT2D eigenvalue weighted by molar-refractivity contribution is -0.0498. The minimum Gasteiger partial charge on any atom is -0.435 e. The predicted octanol–water partition coefficient (Wildman–Crippen LogP) is 3.31. The second kappa shape index (κ2) is 6.92. The van der Waals surface area contributed by atoms with E-state index in [1.54, 1.807) is 4.31 Å². The van der Waals surface area contributed by atoms with Gasteiger partial charge in [0, 0.05) is 31.2 Å². The molecule has 2 atom stereocenters. The van der Waals surface area contributed by atoms with E-state index in [2.05, 4.69) is 9.64 Å². The van der Waals surface area contributed by atoms with Crippen LogP contribution in [0.15, 0.2) is 29.2 Å². The lowest BCUT2D eigenvalue weighted by atomic mass is 9.70. The van der Waals surface area contributed by atoms with Crippen molar-refractivity contribution in [1.82, 2.24) is 9.21 Å². The molecule has 0 N–H and O–H groups in total. The summed E-state index contributed by atoms with van der Waals surface area (Å²) in [6.07, 6.45) is 6.38. The molecule has 4 bridgehead atoms. The van der Waals surface area contributed by atoms with E-state index in [9.17, 15) is 17.2 Å². The van der Waals surface area contributed by atoms with Gasteiger partial charge in [-0.25, -0.2) is 8.42 Å². The van der Waals surface area contributed by atoms with Crippen molar-refractivity contribution >= 4 is 10.0 Å². The van der Waals surface area contributed by atoms with Gasteiger partial charge in [-0.3, -0.25) is 4.90 Å². The first kappa shape index (κ1) is 18.8. The number of hydrogen-bond donors (Lipinski definition) is 0. The van der Waals surface area contributed by atoms with Gasteiger partial charge in [-0.2, -0.15) is 13.1 Å². The number of alkyl halides is 2. The molecule has 0 amide bonds. The van der Waals surface area contributed by atoms with E-state index < -0.39 is 16.6 Å². The van der Waals surface area contributed by atoms with Gasteiger partial charge in [0.15, 0.2) is 0 Å². The van der Waals surface area contributed by atoms with E-state index in [1.165, 1.54) is 50.2 Å². The van der Waals surface area contributed by atoms with Gasteiger partial charge in [0.25, 0.3) is 0 Å². The number of sulfonamides is 1. The van der Waals surface area contributed by atoms with Crippen molar-refractivity contribution in [3.63, 3.8) is 0 Å². The molecule has 0 radical (unpaired) electrons. The number of rotatable bonds is 5. The van der Waals surface area contributed by atoms with Crippen LogP contribution < -0.4 is 4.74 Å². The summed E-state index contributed by atoms with van der Waals surface area (Å²) in [7, 11) is -3.63. The fourth-order valence-electron chi connectivity index (χ4n) is 5.92. The molecule has 2 unspecified atom stereocenters. The van der Waals surface area contributed by atoms with Crippen LogP contribution in [-0.4, -0.2) is 55.4 Å². The number of piperidine rings is 3. The Morgan fingerprint density at radius 1 is 0.893 bits per heavy atom. The first-order chi connectivity index (χ1) is 13.4. The lowest BCUT2D eigenvalue weighted by Crippen LogP contribution is -2.57. The van der Waals surface area contributed by atoms with Crippen LogP contribution in [0.4, 0.5) is 8.78 Å². The van der Waals surface area contributed by atoms with E-state index in [4.69, 9.17) is 0 Å². The van der Waals surface area contributed by atoms with Gasteiger partial charge in [0.2, 0.25) is 10.0 Å². The molecular formula is C20H26F2N2O3S. The molecule has 5 aliphatic rings. The third-order valence-electron chi connectivity index (χ3n) is 7.10. The van der Waals surface area contributed by atoms with Gasteiger partial charge in [-0.15, -0.1) is 0 Å². The Kier molecular flexibility index (Phi) is 4.63. The van der Waals surface area contributed by atoms with Gasteiger partial charge in [0.1, 0.15) is 5.75 Å². The summed E-state index contributed by atoms with van der Waals surface area (Å²) in [5, 5.41) is 0. The van der Waals surface area contributed by atoms with Crippen molar-refractivity contribution in [3.05, 3.63) is 24.3 Å². The van der Waals surface area contributed by atoms with Crippen molar-refractivity contribution < 1.29 is 21.9 Å². The van der Waals surface area contributed by atoms with E-state index in [-0.39, 0.29) is 22.7 Å². The number of fused-ring (bicyclic) bond motifs is 4. The SMILES string of the molecule is O=S(=O)(c1ccc(OC(F)F)cc1)N1C2CCC1CC(N1CC3CC(C3)C1)C2. The molecule has 4 heterocycles. The standard InChI is InChI=1S/C20H26F2N2O3S/c21-20(22)27-18-3-5-19(6-4-18)28(25,26)24-15-1-2-16(24)10-17(9-15)23-11-13-7-14(8-13)12-23/h3-6,13-17,20H,1-2,7-12H2. The van der Waals surface area contributed by atoms with Gasteiger partial charge in [0.05, 0.1) is 4.90 Å². The summed E-state index contributed by atoms with van der Waals surface area (Å²) in [5.74, 6) is 1.68. The highest BCUT2D eigenvalue weighted by molar-refractivity contribution is 7.89. The first-order valence-corrected chi connectivity index (χ1v) is 11.7. The molecule has 0 aromatic heterocycles. The Bertz CT molecular complexity index is 802. The molecule has 1 aliphatic carbocycles. The summed E-state index contributed by atoms with van der Waals surface area (Å²) in [4.78, 5) is 2.78. The average molecular weight is 413 g/mol. The van der Waals surface area contributed by atoms with E-state index in [0.29, 0.717) is 6.04 Å². The Labute approximate surface area is 164 Å². The molecule has 4 saturated heterocycles. The minimum absolute atomic E-state index is 0.0284. The fraction of sp³-hybridized carbons (Fsp3) is 0.700. The molecule has 4 aliphatic heterocycles. The zero-order chi connectivity index (χ0) is 19.5. The monoisotopic (exact) mass is 412 g/mol. The second-order valence-electron chi connectivity index (χ2n) is 8.85. The molecule has 6 rings (SSSR count). The van der Waals surface area contributed by atoms with Crippen LogP contribution in [0.25, 0.3) is 0 Å². The lowest BCUT2D eigenvalue weighted by Gasteiger charge is -2.52. The third kappa shape index (κ3) is 3.23. The van der Waals surface area contributed by atoms with Crippen LogP contribution >= 0.6 is 0 Å². The summed E-state index contributed by atoms with van der Waals surface area (Å²) >= 11 is 0. The van der Waals surface area contributed by atoms with Crippen LogP contribution in [0.1, 0.15) is 38.5 Å². The molecule has 1 aromatic carbocycles. The highest BCUT2D eigenvalue weighted by atomic mass is 32.2. The van der Waals surface area contributed by atoms with Crippen molar-refractivity contribution in [2.24, 2.45) is 11.8 Å². The smallest absolute Gasteiger partial charge is 0.387 e. The maximum Gasteiger partial charge on any atom is 0.387 e. The van der Waals surface area contributed by atoms with Gasteiger partial charge in [-0.1, -0.05) is 0 Å². The van der Waals surface area contributed by atoms with Crippen LogP contribution in [-0.2, 0) is 10.0 Å². The Hall–Kier alpha value is -1.25. The maximum atomic E-state index is 13.2. The van der Waals surface area contributed by atoms with Crippen LogP contribution in [0, 0.1) is 11.8 Å².